The molecule has 1 aromatic rings. The van der Waals surface area contributed by atoms with Crippen molar-refractivity contribution >= 4 is 5.91 Å². The molecule has 0 saturated heterocycles. The second kappa shape index (κ2) is 7.88. The van der Waals surface area contributed by atoms with Gasteiger partial charge in [0, 0.05) is 19.0 Å². The van der Waals surface area contributed by atoms with Crippen molar-refractivity contribution in [2.75, 3.05) is 6.54 Å². The maximum Gasteiger partial charge on any atom is 0.220 e. The van der Waals surface area contributed by atoms with Gasteiger partial charge in [-0.25, -0.2) is 0 Å². The van der Waals surface area contributed by atoms with E-state index in [0.29, 0.717) is 13.0 Å². The van der Waals surface area contributed by atoms with E-state index in [1.165, 1.54) is 11.1 Å². The van der Waals surface area contributed by atoms with Crippen LogP contribution in [0.25, 0.3) is 0 Å². The average Bonchev–Trinajstić information content (AvgIpc) is 2.34. The lowest BCUT2D eigenvalue weighted by molar-refractivity contribution is -0.121. The van der Waals surface area contributed by atoms with Gasteiger partial charge in [0.05, 0.1) is 0 Å². The van der Waals surface area contributed by atoms with E-state index in [-0.39, 0.29) is 11.9 Å². The predicted molar refractivity (Wildman–Crippen MR) is 75.4 cm³/mol. The van der Waals surface area contributed by atoms with Crippen LogP contribution in [-0.4, -0.2) is 18.5 Å². The monoisotopic (exact) mass is 248 g/mol. The minimum atomic E-state index is 0.0814. The highest BCUT2D eigenvalue weighted by Crippen LogP contribution is 2.06. The van der Waals surface area contributed by atoms with Gasteiger partial charge < -0.3 is 11.1 Å². The van der Waals surface area contributed by atoms with E-state index in [1.54, 1.807) is 0 Å². The number of hydrogen-bond donors (Lipinski definition) is 2. The van der Waals surface area contributed by atoms with Gasteiger partial charge in [0.15, 0.2) is 0 Å². The molecule has 3 nitrogen and oxygen atoms in total. The fourth-order valence-corrected chi connectivity index (χ4v) is 1.93. The molecule has 0 aliphatic heterocycles. The summed E-state index contributed by atoms with van der Waals surface area (Å²) in [5.41, 5.74) is 8.29. The van der Waals surface area contributed by atoms with Gasteiger partial charge in [-0.05, 0) is 25.3 Å². The van der Waals surface area contributed by atoms with Crippen LogP contribution in [0.3, 0.4) is 0 Å². The number of rotatable bonds is 7. The fourth-order valence-electron chi connectivity index (χ4n) is 1.93. The van der Waals surface area contributed by atoms with Crippen LogP contribution in [0.1, 0.15) is 37.3 Å². The first kappa shape index (κ1) is 14.7. The van der Waals surface area contributed by atoms with Gasteiger partial charge in [-0.3, -0.25) is 4.79 Å². The van der Waals surface area contributed by atoms with E-state index in [2.05, 4.69) is 37.4 Å². The predicted octanol–water partition coefficient (Wildman–Crippen LogP) is 2.17. The van der Waals surface area contributed by atoms with E-state index in [4.69, 9.17) is 5.73 Å². The molecule has 0 spiro atoms. The number of carbonyl (C=O) groups is 1. The Bertz CT molecular complexity index is 377. The van der Waals surface area contributed by atoms with Crippen molar-refractivity contribution in [1.29, 1.82) is 0 Å². The standard InChI is InChI=1S/C15H24N2O/c1-3-5-14(16)11-17-15(18)9-8-13-7-4-6-12(2)10-13/h4,6-7,10,14H,3,5,8-9,11,16H2,1-2H3,(H,17,18). The van der Waals surface area contributed by atoms with E-state index in [1.807, 2.05) is 6.07 Å². The van der Waals surface area contributed by atoms with Crippen molar-refractivity contribution in [1.82, 2.24) is 5.32 Å². The fraction of sp³-hybridized carbons (Fsp3) is 0.533. The summed E-state index contributed by atoms with van der Waals surface area (Å²) in [4.78, 5) is 11.6. The summed E-state index contributed by atoms with van der Waals surface area (Å²) in [6.45, 7) is 4.74. The van der Waals surface area contributed by atoms with Crippen LogP contribution in [0.2, 0.25) is 0 Å². The van der Waals surface area contributed by atoms with Crippen molar-refractivity contribution in [3.63, 3.8) is 0 Å². The van der Waals surface area contributed by atoms with Crippen LogP contribution in [-0.2, 0) is 11.2 Å². The number of nitrogens with two attached hydrogens (primary N) is 1. The largest absolute Gasteiger partial charge is 0.355 e. The second-order valence-electron chi connectivity index (χ2n) is 4.84. The van der Waals surface area contributed by atoms with Crippen LogP contribution in [0.15, 0.2) is 24.3 Å². The third-order valence-electron chi connectivity index (χ3n) is 2.94. The lowest BCUT2D eigenvalue weighted by Gasteiger charge is -2.11. The Morgan fingerprint density at radius 1 is 1.44 bits per heavy atom. The van der Waals surface area contributed by atoms with Crippen LogP contribution < -0.4 is 11.1 Å². The molecule has 0 bridgehead atoms. The highest BCUT2D eigenvalue weighted by Gasteiger charge is 2.05. The number of nitrogens with one attached hydrogen (secondary N) is 1. The van der Waals surface area contributed by atoms with Crippen molar-refractivity contribution < 1.29 is 4.79 Å². The van der Waals surface area contributed by atoms with E-state index in [0.717, 1.165) is 19.3 Å². The van der Waals surface area contributed by atoms with Gasteiger partial charge in [0.2, 0.25) is 5.91 Å². The van der Waals surface area contributed by atoms with Crippen LogP contribution in [0.5, 0.6) is 0 Å². The minimum absolute atomic E-state index is 0.0814. The summed E-state index contributed by atoms with van der Waals surface area (Å²) in [6, 6.07) is 8.35. The van der Waals surface area contributed by atoms with Crippen LogP contribution in [0.4, 0.5) is 0 Å². The molecular formula is C15H24N2O. The third-order valence-corrected chi connectivity index (χ3v) is 2.94. The average molecular weight is 248 g/mol. The summed E-state index contributed by atoms with van der Waals surface area (Å²) >= 11 is 0. The van der Waals surface area contributed by atoms with E-state index >= 15 is 0 Å². The molecule has 1 unspecified atom stereocenters. The van der Waals surface area contributed by atoms with Gasteiger partial charge in [0.1, 0.15) is 0 Å². The molecule has 1 amide bonds. The van der Waals surface area contributed by atoms with Gasteiger partial charge >= 0.3 is 0 Å². The van der Waals surface area contributed by atoms with Crippen molar-refractivity contribution in [3.05, 3.63) is 35.4 Å². The maximum atomic E-state index is 11.6. The Labute approximate surface area is 110 Å². The van der Waals surface area contributed by atoms with E-state index in [9.17, 15) is 4.79 Å². The molecule has 0 radical (unpaired) electrons. The molecule has 3 heteroatoms. The highest BCUT2D eigenvalue weighted by atomic mass is 16.1. The summed E-state index contributed by atoms with van der Waals surface area (Å²) in [5, 5.41) is 2.89. The first-order valence-corrected chi connectivity index (χ1v) is 6.69. The molecule has 3 N–H and O–H groups in total. The highest BCUT2D eigenvalue weighted by molar-refractivity contribution is 5.76. The number of aryl methyl sites for hydroxylation is 2. The van der Waals surface area contributed by atoms with E-state index < -0.39 is 0 Å². The molecule has 0 heterocycles. The van der Waals surface area contributed by atoms with Crippen molar-refractivity contribution in [3.8, 4) is 0 Å². The normalized spacial score (nSPS) is 12.2. The Morgan fingerprint density at radius 2 is 2.22 bits per heavy atom. The summed E-state index contributed by atoms with van der Waals surface area (Å²) in [6.07, 6.45) is 3.33. The van der Waals surface area contributed by atoms with Gasteiger partial charge in [0.25, 0.3) is 0 Å². The Balaban J connectivity index is 2.25. The molecule has 0 aliphatic rings. The van der Waals surface area contributed by atoms with Crippen LogP contribution in [0, 0.1) is 6.92 Å². The Hall–Kier alpha value is -1.35. The van der Waals surface area contributed by atoms with Crippen molar-refractivity contribution in [2.45, 2.75) is 45.6 Å². The first-order valence-electron chi connectivity index (χ1n) is 6.69. The first-order chi connectivity index (χ1) is 8.61. The molecule has 0 fully saturated rings. The summed E-state index contributed by atoms with van der Waals surface area (Å²) in [7, 11) is 0. The Morgan fingerprint density at radius 3 is 2.89 bits per heavy atom. The maximum absolute atomic E-state index is 11.6. The third kappa shape index (κ3) is 5.82. The molecule has 0 saturated carbocycles. The molecular weight excluding hydrogens is 224 g/mol. The zero-order valence-electron chi connectivity index (χ0n) is 11.4. The summed E-state index contributed by atoms with van der Waals surface area (Å²) in [5.74, 6) is 0.0862. The lowest BCUT2D eigenvalue weighted by atomic mass is 10.1. The molecule has 1 rings (SSSR count). The molecule has 0 aromatic heterocycles. The molecule has 100 valence electrons. The smallest absolute Gasteiger partial charge is 0.220 e. The van der Waals surface area contributed by atoms with Gasteiger partial charge in [-0.2, -0.15) is 0 Å². The number of hydrogen-bond acceptors (Lipinski definition) is 2. The second-order valence-corrected chi connectivity index (χ2v) is 4.84. The molecule has 0 aliphatic carbocycles. The minimum Gasteiger partial charge on any atom is -0.355 e. The van der Waals surface area contributed by atoms with Gasteiger partial charge in [-0.15, -0.1) is 0 Å². The topological polar surface area (TPSA) is 55.1 Å². The zero-order valence-corrected chi connectivity index (χ0v) is 11.4. The quantitative estimate of drug-likeness (QED) is 0.777. The number of carbonyl (C=O) groups excluding carboxylic acids is 1. The lowest BCUT2D eigenvalue weighted by Crippen LogP contribution is -2.37. The molecule has 18 heavy (non-hydrogen) atoms. The SMILES string of the molecule is CCCC(N)CNC(=O)CCc1cccc(C)c1. The summed E-state index contributed by atoms with van der Waals surface area (Å²) < 4.78 is 0. The van der Waals surface area contributed by atoms with Gasteiger partial charge in [-0.1, -0.05) is 43.2 Å². The zero-order chi connectivity index (χ0) is 13.4. The number of amides is 1. The molecule has 1 atom stereocenters. The number of benzene rings is 1. The Kier molecular flexibility index (Phi) is 6.44. The molecule has 1 aromatic carbocycles. The van der Waals surface area contributed by atoms with Crippen LogP contribution >= 0.6 is 0 Å². The van der Waals surface area contributed by atoms with Crippen molar-refractivity contribution in [2.24, 2.45) is 5.73 Å².